The van der Waals surface area contributed by atoms with E-state index >= 15 is 0 Å². The van der Waals surface area contributed by atoms with Crippen molar-refractivity contribution in [1.82, 2.24) is 10.2 Å². The Morgan fingerprint density at radius 2 is 1.92 bits per heavy atom. The molecule has 26 heavy (non-hydrogen) atoms. The van der Waals surface area contributed by atoms with E-state index in [1.54, 1.807) is 38.4 Å². The van der Waals surface area contributed by atoms with Gasteiger partial charge in [0, 0.05) is 25.8 Å². The summed E-state index contributed by atoms with van der Waals surface area (Å²) >= 11 is 0. The maximum Gasteiger partial charge on any atom is 0.319 e. The van der Waals surface area contributed by atoms with Gasteiger partial charge < -0.3 is 20.3 Å². The molecular weight excluding hydrogens is 330 g/mol. The molecular formula is C20H29N3O3. The summed E-state index contributed by atoms with van der Waals surface area (Å²) in [6.07, 6.45) is 5.29. The van der Waals surface area contributed by atoms with Gasteiger partial charge >= 0.3 is 6.03 Å². The zero-order chi connectivity index (χ0) is 18.7. The molecule has 1 aromatic carbocycles. The molecule has 0 unspecified atom stereocenters. The number of amides is 3. The second-order valence-corrected chi connectivity index (χ2v) is 7.83. The summed E-state index contributed by atoms with van der Waals surface area (Å²) in [6, 6.07) is 7.08. The number of fused-ring (bicyclic) bond motifs is 2. The first-order chi connectivity index (χ1) is 12.4. The molecule has 142 valence electrons. The van der Waals surface area contributed by atoms with Gasteiger partial charge in [-0.05, 0) is 68.2 Å². The molecule has 0 heterocycles. The van der Waals surface area contributed by atoms with Crippen molar-refractivity contribution in [3.05, 3.63) is 24.3 Å². The van der Waals surface area contributed by atoms with Crippen LogP contribution in [0.15, 0.2) is 24.3 Å². The molecule has 2 bridgehead atoms. The van der Waals surface area contributed by atoms with E-state index in [1.165, 1.54) is 30.6 Å². The Morgan fingerprint density at radius 1 is 1.19 bits per heavy atom. The molecule has 2 saturated carbocycles. The molecule has 6 nitrogen and oxygen atoms in total. The molecule has 3 rings (SSSR count). The average molecular weight is 359 g/mol. The van der Waals surface area contributed by atoms with E-state index in [9.17, 15) is 9.59 Å². The highest BCUT2D eigenvalue weighted by molar-refractivity contribution is 5.89. The highest BCUT2D eigenvalue weighted by Crippen LogP contribution is 2.49. The molecule has 0 saturated heterocycles. The third-order valence-corrected chi connectivity index (χ3v) is 5.77. The van der Waals surface area contributed by atoms with Crippen LogP contribution < -0.4 is 15.4 Å². The lowest BCUT2D eigenvalue weighted by Crippen LogP contribution is -2.42. The zero-order valence-corrected chi connectivity index (χ0v) is 15.8. The van der Waals surface area contributed by atoms with E-state index in [-0.39, 0.29) is 24.6 Å². The van der Waals surface area contributed by atoms with Crippen molar-refractivity contribution < 1.29 is 14.3 Å². The van der Waals surface area contributed by atoms with Crippen molar-refractivity contribution in [2.45, 2.75) is 38.6 Å². The van der Waals surface area contributed by atoms with Crippen LogP contribution >= 0.6 is 0 Å². The summed E-state index contributed by atoms with van der Waals surface area (Å²) in [5, 5.41) is 5.96. The summed E-state index contributed by atoms with van der Waals surface area (Å²) in [7, 11) is 3.38. The molecule has 2 aliphatic carbocycles. The van der Waals surface area contributed by atoms with Crippen molar-refractivity contribution in [3.8, 4) is 5.75 Å². The van der Waals surface area contributed by atoms with Gasteiger partial charge in [0.1, 0.15) is 5.75 Å². The lowest BCUT2D eigenvalue weighted by atomic mass is 9.84. The van der Waals surface area contributed by atoms with Gasteiger partial charge in [-0.1, -0.05) is 6.42 Å². The van der Waals surface area contributed by atoms with Gasteiger partial charge in [0.25, 0.3) is 5.91 Å². The SMILES string of the molecule is C[C@@H](NC(=O)Nc1ccc(OCC(=O)N(C)C)cc1)[C@H]1C[C@H]2CC[C@H]1C2. The molecule has 0 aliphatic heterocycles. The molecule has 0 aromatic heterocycles. The molecule has 2 N–H and O–H groups in total. The summed E-state index contributed by atoms with van der Waals surface area (Å²) in [4.78, 5) is 25.3. The first kappa shape index (κ1) is 18.5. The first-order valence-corrected chi connectivity index (χ1v) is 9.43. The number of hydrogen-bond donors (Lipinski definition) is 2. The molecule has 4 atom stereocenters. The Labute approximate surface area is 155 Å². The lowest BCUT2D eigenvalue weighted by molar-refractivity contribution is -0.130. The number of likely N-dealkylation sites (N-methyl/N-ethyl adjacent to an activating group) is 1. The Hall–Kier alpha value is -2.24. The highest BCUT2D eigenvalue weighted by Gasteiger charge is 2.42. The monoisotopic (exact) mass is 359 g/mol. The third kappa shape index (κ3) is 4.48. The van der Waals surface area contributed by atoms with Gasteiger partial charge in [0.2, 0.25) is 0 Å². The normalized spacial score (nSPS) is 24.8. The number of urea groups is 1. The van der Waals surface area contributed by atoms with Crippen LogP contribution in [0.3, 0.4) is 0 Å². The summed E-state index contributed by atoms with van der Waals surface area (Å²) in [6.45, 7) is 2.12. The number of carbonyl (C=O) groups excluding carboxylic acids is 2. The van der Waals surface area contributed by atoms with Crippen LogP contribution in [0.1, 0.15) is 32.6 Å². The van der Waals surface area contributed by atoms with Crippen molar-refractivity contribution in [1.29, 1.82) is 0 Å². The van der Waals surface area contributed by atoms with E-state index in [0.717, 1.165) is 11.8 Å². The maximum absolute atomic E-state index is 12.3. The van der Waals surface area contributed by atoms with E-state index in [4.69, 9.17) is 4.74 Å². The third-order valence-electron chi connectivity index (χ3n) is 5.77. The molecule has 3 amide bonds. The number of anilines is 1. The summed E-state index contributed by atoms with van der Waals surface area (Å²) in [5.74, 6) is 2.79. The minimum atomic E-state index is -0.170. The van der Waals surface area contributed by atoms with E-state index in [0.29, 0.717) is 17.4 Å². The van der Waals surface area contributed by atoms with Crippen LogP contribution in [0, 0.1) is 17.8 Å². The lowest BCUT2D eigenvalue weighted by Gasteiger charge is -2.28. The van der Waals surface area contributed by atoms with Crippen molar-refractivity contribution in [3.63, 3.8) is 0 Å². The smallest absolute Gasteiger partial charge is 0.319 e. The Kier molecular flexibility index (Phi) is 5.69. The minimum Gasteiger partial charge on any atom is -0.484 e. The van der Waals surface area contributed by atoms with Crippen molar-refractivity contribution in [2.24, 2.45) is 17.8 Å². The Bertz CT molecular complexity index is 644. The largest absolute Gasteiger partial charge is 0.484 e. The van der Waals surface area contributed by atoms with Crippen LogP contribution in [-0.2, 0) is 4.79 Å². The first-order valence-electron chi connectivity index (χ1n) is 9.43. The van der Waals surface area contributed by atoms with Crippen LogP contribution in [0.4, 0.5) is 10.5 Å². The minimum absolute atomic E-state index is 0.00131. The maximum atomic E-state index is 12.3. The fourth-order valence-corrected chi connectivity index (χ4v) is 4.30. The topological polar surface area (TPSA) is 70.7 Å². The number of nitrogens with one attached hydrogen (secondary N) is 2. The molecule has 0 spiro atoms. The zero-order valence-electron chi connectivity index (χ0n) is 15.8. The number of rotatable bonds is 6. The van der Waals surface area contributed by atoms with E-state index in [2.05, 4.69) is 17.6 Å². The van der Waals surface area contributed by atoms with Crippen LogP contribution in [-0.4, -0.2) is 43.6 Å². The van der Waals surface area contributed by atoms with E-state index < -0.39 is 0 Å². The van der Waals surface area contributed by atoms with E-state index in [1.807, 2.05) is 0 Å². The van der Waals surface area contributed by atoms with Crippen LogP contribution in [0.5, 0.6) is 5.75 Å². The Morgan fingerprint density at radius 3 is 2.50 bits per heavy atom. The van der Waals surface area contributed by atoms with Crippen LogP contribution in [0.25, 0.3) is 0 Å². The van der Waals surface area contributed by atoms with Gasteiger partial charge in [-0.2, -0.15) is 0 Å². The fraction of sp³-hybridized carbons (Fsp3) is 0.600. The fourth-order valence-electron chi connectivity index (χ4n) is 4.30. The molecule has 2 fully saturated rings. The standard InChI is InChI=1S/C20H29N3O3/c1-13(18-11-14-4-5-15(18)10-14)21-20(25)22-16-6-8-17(9-7-16)26-12-19(24)23(2)3/h6-9,13-15,18H,4-5,10-12H2,1-3H3,(H2,21,22,25)/t13-,14+,15+,18-/m1/s1. The number of ether oxygens (including phenoxy) is 1. The van der Waals surface area contributed by atoms with Crippen LogP contribution in [0.2, 0.25) is 0 Å². The van der Waals surface area contributed by atoms with Gasteiger partial charge in [0.15, 0.2) is 6.61 Å². The highest BCUT2D eigenvalue weighted by atomic mass is 16.5. The van der Waals surface area contributed by atoms with Gasteiger partial charge in [-0.15, -0.1) is 0 Å². The average Bonchev–Trinajstić information content (AvgIpc) is 3.24. The molecule has 2 aliphatic rings. The summed E-state index contributed by atoms with van der Waals surface area (Å²) < 4.78 is 5.43. The van der Waals surface area contributed by atoms with Crippen molar-refractivity contribution >= 4 is 17.6 Å². The Balaban J connectivity index is 1.44. The summed E-state index contributed by atoms with van der Waals surface area (Å²) in [5.41, 5.74) is 0.703. The number of carbonyl (C=O) groups is 2. The molecule has 6 heteroatoms. The van der Waals surface area contributed by atoms with Gasteiger partial charge in [0.05, 0.1) is 0 Å². The predicted octanol–water partition coefficient (Wildman–Crippen LogP) is 3.10. The quantitative estimate of drug-likeness (QED) is 0.820. The second-order valence-electron chi connectivity index (χ2n) is 7.83. The number of hydrogen-bond acceptors (Lipinski definition) is 3. The van der Waals surface area contributed by atoms with Gasteiger partial charge in [-0.25, -0.2) is 4.79 Å². The van der Waals surface area contributed by atoms with Crippen molar-refractivity contribution in [2.75, 3.05) is 26.0 Å². The predicted molar refractivity (Wildman–Crippen MR) is 101 cm³/mol. The molecule has 0 radical (unpaired) electrons. The molecule has 1 aromatic rings. The number of benzene rings is 1. The number of nitrogens with zero attached hydrogens (tertiary/aromatic N) is 1. The second kappa shape index (κ2) is 7.98. The van der Waals surface area contributed by atoms with Gasteiger partial charge in [-0.3, -0.25) is 4.79 Å².